The first-order valence-corrected chi connectivity index (χ1v) is 11.7. The molecule has 2 N–H and O–H groups in total. The molecule has 5 nitrogen and oxygen atoms in total. The summed E-state index contributed by atoms with van der Waals surface area (Å²) in [5.41, 5.74) is 1.61. The van der Waals surface area contributed by atoms with Crippen LogP contribution in [0.3, 0.4) is 0 Å². The molecule has 8 heteroatoms. The summed E-state index contributed by atoms with van der Waals surface area (Å²) in [5.74, 6) is 1.50. The molecule has 3 atom stereocenters. The Morgan fingerprint density at radius 1 is 1.35 bits per heavy atom. The number of thioether (sulfide) groups is 1. The van der Waals surface area contributed by atoms with E-state index in [9.17, 15) is 14.4 Å². The summed E-state index contributed by atoms with van der Waals surface area (Å²) in [5, 5.41) is 2.86. The molecule has 0 aromatic heterocycles. The van der Waals surface area contributed by atoms with E-state index in [4.69, 9.17) is 0 Å². The van der Waals surface area contributed by atoms with Gasteiger partial charge in [0.05, 0.1) is 6.04 Å². The summed E-state index contributed by atoms with van der Waals surface area (Å²) in [6.45, 7) is 3.97. The lowest BCUT2D eigenvalue weighted by Gasteiger charge is -2.21. The summed E-state index contributed by atoms with van der Waals surface area (Å²) in [6.07, 6.45) is 2.51. The van der Waals surface area contributed by atoms with Crippen molar-refractivity contribution in [3.05, 3.63) is 35.4 Å². The number of carbonyl (C=O) groups excluding carboxylic acids is 3. The van der Waals surface area contributed by atoms with Crippen LogP contribution in [0.5, 0.6) is 0 Å². The van der Waals surface area contributed by atoms with Gasteiger partial charge in [-0.25, -0.2) is 0 Å². The molecule has 0 aliphatic rings. The summed E-state index contributed by atoms with van der Waals surface area (Å²) in [4.78, 5) is 35.1. The average molecular weight is 602 g/mol. The summed E-state index contributed by atoms with van der Waals surface area (Å²) in [6, 6.07) is 6.87. The van der Waals surface area contributed by atoms with Crippen molar-refractivity contribution >= 4 is 73.2 Å². The number of carbonyl (C=O) groups is 3. The van der Waals surface area contributed by atoms with Crippen LogP contribution < -0.4 is 8.85 Å². The van der Waals surface area contributed by atoms with Gasteiger partial charge in [0.1, 0.15) is 12.3 Å². The molecule has 1 amide bonds. The molecule has 0 aliphatic carbocycles. The molecule has 0 fully saturated rings. The zero-order valence-corrected chi connectivity index (χ0v) is 20.0. The zero-order valence-electron chi connectivity index (χ0n) is 14.8. The van der Waals surface area contributed by atoms with E-state index in [-0.39, 0.29) is 21.7 Å². The van der Waals surface area contributed by atoms with Crippen LogP contribution in [0.4, 0.5) is 0 Å². The molecule has 0 saturated heterocycles. The normalized spacial score (nSPS) is 14.3. The first kappa shape index (κ1) is 23.8. The van der Waals surface area contributed by atoms with Gasteiger partial charge in [0.2, 0.25) is 3.79 Å². The minimum atomic E-state index is -0.466. The highest BCUT2D eigenvalue weighted by atomic mass is 127. The third-order valence-corrected chi connectivity index (χ3v) is 6.61. The van der Waals surface area contributed by atoms with Gasteiger partial charge in [0, 0.05) is 56.8 Å². The molecule has 1 aromatic carbocycles. The maximum absolute atomic E-state index is 12.5. The van der Waals surface area contributed by atoms with Gasteiger partial charge in [-0.2, -0.15) is 11.8 Å². The number of amides is 1. The number of hydrogen-bond acceptors (Lipinski definition) is 5. The van der Waals surface area contributed by atoms with E-state index in [0.29, 0.717) is 5.56 Å². The third-order valence-electron chi connectivity index (χ3n) is 4.08. The van der Waals surface area contributed by atoms with Gasteiger partial charge in [-0.15, -0.1) is 0 Å². The highest BCUT2D eigenvalue weighted by Gasteiger charge is 2.24. The highest BCUT2D eigenvalue weighted by molar-refractivity contribution is 14.1. The van der Waals surface area contributed by atoms with Crippen molar-refractivity contribution in [3.8, 4) is 0 Å². The molecule has 0 bridgehead atoms. The van der Waals surface area contributed by atoms with E-state index in [1.54, 1.807) is 40.4 Å². The van der Waals surface area contributed by atoms with E-state index in [2.05, 4.69) is 8.85 Å². The Morgan fingerprint density at radius 2 is 2.08 bits per heavy atom. The number of hydrogen-bond donors (Lipinski definition) is 2. The molecule has 1 aromatic rings. The Hall–Kier alpha value is -0.200. The fourth-order valence-corrected chi connectivity index (χ4v) is 4.44. The molecule has 26 heavy (non-hydrogen) atoms. The summed E-state index contributed by atoms with van der Waals surface area (Å²) >= 11 is 5.46. The molecule has 0 unspecified atom stereocenters. The first-order chi connectivity index (χ1) is 12.4. The number of nitrogens with one attached hydrogen (secondary N) is 2. The van der Waals surface area contributed by atoms with Crippen molar-refractivity contribution in [2.24, 2.45) is 5.92 Å². The Kier molecular flexibility index (Phi) is 12.0. The molecule has 1 rings (SSSR count). The van der Waals surface area contributed by atoms with Crippen LogP contribution in [0.25, 0.3) is 0 Å². The molecular weight excluding hydrogens is 578 g/mol. The minimum Gasteiger partial charge on any atom is -0.341 e. The van der Waals surface area contributed by atoms with Gasteiger partial charge >= 0.3 is 0 Å². The van der Waals surface area contributed by atoms with Gasteiger partial charge < -0.3 is 10.1 Å². The monoisotopic (exact) mass is 602 g/mol. The van der Waals surface area contributed by atoms with E-state index in [1.165, 1.54) is 0 Å². The van der Waals surface area contributed by atoms with Crippen molar-refractivity contribution in [1.82, 2.24) is 8.85 Å². The maximum Gasteiger partial charge on any atom is 0.251 e. The molecule has 0 radical (unpaired) electrons. The predicted octanol–water partition coefficient (Wildman–Crippen LogP) is 3.92. The smallest absolute Gasteiger partial charge is 0.251 e. The standard InChI is InChI=1S/C18H24I2N2O3S/c1-3-12(2)16(17(19)24)21-18(25)14-6-4-5-13(9-14)11-26-8-7-15(10-23)22-20/h4-6,9-10,12,15-16,22H,3,7-8,11H2,1-2H3,(H,21,25)/t12-,15-,16-/m0/s1. The number of halogens is 2. The van der Waals surface area contributed by atoms with Gasteiger partial charge in [0.25, 0.3) is 5.91 Å². The SMILES string of the molecule is CC[C@H](C)[C@H](NC(=O)c1cccc(CSCC[C@@H](C=O)NI)c1)C(=O)I. The van der Waals surface area contributed by atoms with Gasteiger partial charge in [-0.1, -0.05) is 32.4 Å². The van der Waals surface area contributed by atoms with Crippen LogP contribution in [0.2, 0.25) is 0 Å². The van der Waals surface area contributed by atoms with Crippen molar-refractivity contribution < 1.29 is 14.4 Å². The Bertz CT molecular complexity index is 616. The second-order valence-electron chi connectivity index (χ2n) is 6.03. The highest BCUT2D eigenvalue weighted by Crippen LogP contribution is 2.17. The van der Waals surface area contributed by atoms with Crippen LogP contribution in [0.1, 0.15) is 42.6 Å². The van der Waals surface area contributed by atoms with Crippen molar-refractivity contribution in [2.45, 2.75) is 44.5 Å². The van der Waals surface area contributed by atoms with E-state index in [0.717, 1.165) is 36.2 Å². The predicted molar refractivity (Wildman–Crippen MR) is 124 cm³/mol. The molecule has 144 valence electrons. The van der Waals surface area contributed by atoms with Gasteiger partial charge in [-0.3, -0.25) is 13.1 Å². The summed E-state index contributed by atoms with van der Waals surface area (Å²) < 4.78 is 2.87. The molecule has 0 aliphatic heterocycles. The van der Waals surface area contributed by atoms with Gasteiger partial charge in [-0.05, 0) is 35.8 Å². The first-order valence-electron chi connectivity index (χ1n) is 8.41. The fraction of sp³-hybridized carbons (Fsp3) is 0.500. The average Bonchev–Trinajstić information content (AvgIpc) is 2.65. The minimum absolute atomic E-state index is 0.0504. The fourth-order valence-electron chi connectivity index (χ4n) is 2.23. The van der Waals surface area contributed by atoms with Crippen molar-refractivity contribution in [3.63, 3.8) is 0 Å². The second-order valence-corrected chi connectivity index (χ2v) is 8.83. The number of aldehydes is 1. The zero-order chi connectivity index (χ0) is 19.5. The Labute approximate surface area is 186 Å². The van der Waals surface area contributed by atoms with Crippen LogP contribution >= 0.6 is 57.2 Å². The lowest BCUT2D eigenvalue weighted by atomic mass is 10.00. The third kappa shape index (κ3) is 8.22. The Morgan fingerprint density at radius 3 is 2.65 bits per heavy atom. The molecular formula is C18H24I2N2O3S. The molecule has 0 saturated carbocycles. The van der Waals surface area contributed by atoms with Crippen LogP contribution in [-0.4, -0.2) is 33.8 Å². The second kappa shape index (κ2) is 13.1. The molecule has 0 heterocycles. The molecule has 0 spiro atoms. The van der Waals surface area contributed by atoms with Crippen LogP contribution in [0, 0.1) is 5.92 Å². The quantitative estimate of drug-likeness (QED) is 0.125. The lowest BCUT2D eigenvalue weighted by Crippen LogP contribution is -2.43. The number of benzene rings is 1. The van der Waals surface area contributed by atoms with E-state index in [1.807, 2.05) is 54.9 Å². The topological polar surface area (TPSA) is 75.3 Å². The van der Waals surface area contributed by atoms with Crippen molar-refractivity contribution in [1.29, 1.82) is 0 Å². The van der Waals surface area contributed by atoms with Crippen LogP contribution in [0.15, 0.2) is 24.3 Å². The Balaban J connectivity index is 2.63. The largest absolute Gasteiger partial charge is 0.341 e. The van der Waals surface area contributed by atoms with Crippen LogP contribution in [-0.2, 0) is 15.3 Å². The summed E-state index contributed by atoms with van der Waals surface area (Å²) in [7, 11) is 0. The lowest BCUT2D eigenvalue weighted by molar-refractivity contribution is -0.112. The van der Waals surface area contributed by atoms with Gasteiger partial charge in [0.15, 0.2) is 0 Å². The maximum atomic E-state index is 12.5. The number of rotatable bonds is 12. The van der Waals surface area contributed by atoms with E-state index < -0.39 is 6.04 Å². The van der Waals surface area contributed by atoms with Crippen molar-refractivity contribution in [2.75, 3.05) is 5.75 Å². The van der Waals surface area contributed by atoms with E-state index >= 15 is 0 Å².